The number of nitrogens with one attached hydrogen (secondary N) is 2. The number of benzene rings is 2. The number of likely N-dealkylation sites (tertiary alicyclic amines) is 1. The number of hydrogen-bond acceptors (Lipinski definition) is 4. The van der Waals surface area contributed by atoms with Crippen LogP contribution in [0.25, 0.3) is 0 Å². The monoisotopic (exact) mass is 584 g/mol. The molecular weight excluding hydrogens is 552 g/mol. The highest BCUT2D eigenvalue weighted by Crippen LogP contribution is 2.38. The number of alkyl halides is 3. The number of hydrogen-bond donors (Lipinski definition) is 2. The normalized spacial score (nSPS) is 18.0. The van der Waals surface area contributed by atoms with Crippen LogP contribution in [-0.2, 0) is 28.1 Å². The Labute approximate surface area is 236 Å². The molecule has 2 aliphatic heterocycles. The summed E-state index contributed by atoms with van der Waals surface area (Å²) >= 11 is 12.6. The van der Waals surface area contributed by atoms with Gasteiger partial charge in [0.1, 0.15) is 6.42 Å². The van der Waals surface area contributed by atoms with E-state index in [9.17, 15) is 22.8 Å². The van der Waals surface area contributed by atoms with Gasteiger partial charge in [-0.1, -0.05) is 47.5 Å². The molecule has 2 heterocycles. The van der Waals surface area contributed by atoms with E-state index in [1.165, 1.54) is 12.6 Å². The van der Waals surface area contributed by atoms with E-state index in [1.807, 2.05) is 25.2 Å². The Morgan fingerprint density at radius 3 is 2.51 bits per heavy atom. The molecule has 0 radical (unpaired) electrons. The van der Waals surface area contributed by atoms with Crippen molar-refractivity contribution in [2.24, 2.45) is 0 Å². The summed E-state index contributed by atoms with van der Waals surface area (Å²) in [5.74, 6) is -0.956. The fourth-order valence-electron chi connectivity index (χ4n) is 5.73. The van der Waals surface area contributed by atoms with E-state index in [4.69, 9.17) is 23.2 Å². The zero-order valence-corrected chi connectivity index (χ0v) is 23.5. The third-order valence-corrected chi connectivity index (χ3v) is 8.52. The maximum absolute atomic E-state index is 12.7. The number of amides is 2. The van der Waals surface area contributed by atoms with Crippen molar-refractivity contribution in [1.29, 1.82) is 0 Å². The first-order valence-electron chi connectivity index (χ1n) is 13.0. The van der Waals surface area contributed by atoms with Crippen LogP contribution in [0.5, 0.6) is 0 Å². The predicted molar refractivity (Wildman–Crippen MR) is 146 cm³/mol. The van der Waals surface area contributed by atoms with Gasteiger partial charge < -0.3 is 20.4 Å². The summed E-state index contributed by atoms with van der Waals surface area (Å²) in [4.78, 5) is 28.0. The van der Waals surface area contributed by atoms with Crippen LogP contribution in [0.2, 0.25) is 10.0 Å². The van der Waals surface area contributed by atoms with E-state index < -0.39 is 18.5 Å². The summed E-state index contributed by atoms with van der Waals surface area (Å²) in [7, 11) is 3.16. The van der Waals surface area contributed by atoms with Crippen LogP contribution in [-0.4, -0.2) is 61.5 Å². The van der Waals surface area contributed by atoms with E-state index in [-0.39, 0.29) is 29.1 Å². The van der Waals surface area contributed by atoms with Gasteiger partial charge in [0, 0.05) is 32.7 Å². The van der Waals surface area contributed by atoms with E-state index in [2.05, 4.69) is 21.6 Å². The van der Waals surface area contributed by atoms with Crippen LogP contribution >= 0.6 is 23.2 Å². The molecule has 2 N–H and O–H groups in total. The zero-order chi connectivity index (χ0) is 28.4. The number of carbonyl (C=O) groups is 2. The molecule has 0 saturated carbocycles. The lowest BCUT2D eigenvalue weighted by atomic mass is 9.75. The Morgan fingerprint density at radius 2 is 1.85 bits per heavy atom. The van der Waals surface area contributed by atoms with Crippen LogP contribution in [0.15, 0.2) is 36.4 Å². The molecule has 2 aromatic carbocycles. The van der Waals surface area contributed by atoms with Gasteiger partial charge in [-0.05, 0) is 67.2 Å². The zero-order valence-electron chi connectivity index (χ0n) is 22.0. The lowest BCUT2D eigenvalue weighted by Crippen LogP contribution is -2.56. The molecule has 0 aromatic heterocycles. The molecule has 0 unspecified atom stereocenters. The molecule has 1 atom stereocenters. The Kier molecular flexibility index (Phi) is 9.15. The van der Waals surface area contributed by atoms with Crippen molar-refractivity contribution in [1.82, 2.24) is 20.4 Å². The van der Waals surface area contributed by atoms with E-state index in [0.29, 0.717) is 23.4 Å². The maximum Gasteiger partial charge on any atom is 0.397 e. The Morgan fingerprint density at radius 1 is 1.18 bits per heavy atom. The van der Waals surface area contributed by atoms with Gasteiger partial charge in [0.2, 0.25) is 11.8 Å². The highest BCUT2D eigenvalue weighted by Gasteiger charge is 2.41. The van der Waals surface area contributed by atoms with Crippen molar-refractivity contribution in [3.05, 3.63) is 68.7 Å². The quantitative estimate of drug-likeness (QED) is 0.446. The summed E-state index contributed by atoms with van der Waals surface area (Å²) in [5.41, 5.74) is 3.40. The van der Waals surface area contributed by atoms with Crippen LogP contribution in [0.4, 0.5) is 13.2 Å². The van der Waals surface area contributed by atoms with Gasteiger partial charge in [-0.3, -0.25) is 9.59 Å². The molecule has 39 heavy (non-hydrogen) atoms. The van der Waals surface area contributed by atoms with Crippen molar-refractivity contribution in [2.45, 2.75) is 56.4 Å². The average molecular weight is 585 g/mol. The topological polar surface area (TPSA) is 64.7 Å². The molecule has 11 heteroatoms. The smallest absolute Gasteiger partial charge is 0.346 e. The summed E-state index contributed by atoms with van der Waals surface area (Å²) in [6.45, 7) is 2.37. The standard InChI is InChI=1S/C28H33Cl2F3N4O2/c1-34-24(20-15-23(30)22(29)13-19(20)17-36(2)26(39)16-28(31,32)33)7-10-37-11-8-27(9-12-37)21-6-4-3-5-18(21)14-25(38)35-27/h3-6,13,15,24,34H,7-12,14,16-17H2,1-2H3,(H,35,38)/t24-/m0/s1. The fraction of sp³-hybridized carbons (Fsp3) is 0.500. The minimum absolute atomic E-state index is 0.0232. The van der Waals surface area contributed by atoms with Crippen molar-refractivity contribution >= 4 is 35.0 Å². The Hall–Kier alpha value is -2.33. The van der Waals surface area contributed by atoms with Crippen LogP contribution in [0.3, 0.4) is 0 Å². The fourth-order valence-corrected chi connectivity index (χ4v) is 6.09. The maximum atomic E-state index is 12.7. The molecule has 6 nitrogen and oxygen atoms in total. The second-order valence-electron chi connectivity index (χ2n) is 10.4. The molecule has 1 spiro atoms. The van der Waals surface area contributed by atoms with E-state index in [0.717, 1.165) is 48.5 Å². The highest BCUT2D eigenvalue weighted by molar-refractivity contribution is 6.42. The minimum atomic E-state index is -4.57. The van der Waals surface area contributed by atoms with Crippen LogP contribution in [0.1, 0.15) is 54.0 Å². The largest absolute Gasteiger partial charge is 0.397 e. The molecular formula is C28H33Cl2F3N4O2. The minimum Gasteiger partial charge on any atom is -0.346 e. The highest BCUT2D eigenvalue weighted by atomic mass is 35.5. The molecule has 0 aliphatic carbocycles. The van der Waals surface area contributed by atoms with E-state index >= 15 is 0 Å². The first-order valence-corrected chi connectivity index (χ1v) is 13.7. The average Bonchev–Trinajstić information content (AvgIpc) is 2.87. The number of halogens is 5. The van der Waals surface area contributed by atoms with Gasteiger partial charge in [-0.2, -0.15) is 13.2 Å². The van der Waals surface area contributed by atoms with Crippen LogP contribution in [0, 0.1) is 0 Å². The first kappa shape index (κ1) is 29.6. The van der Waals surface area contributed by atoms with Gasteiger partial charge in [-0.25, -0.2) is 0 Å². The van der Waals surface area contributed by atoms with Gasteiger partial charge >= 0.3 is 6.18 Å². The number of fused-ring (bicyclic) bond motifs is 2. The molecule has 2 aliphatic rings. The van der Waals surface area contributed by atoms with Gasteiger partial charge in [0.15, 0.2) is 0 Å². The predicted octanol–water partition coefficient (Wildman–Crippen LogP) is 5.22. The third-order valence-electron chi connectivity index (χ3n) is 7.80. The number of rotatable bonds is 8. The molecule has 2 amide bonds. The lowest BCUT2D eigenvalue weighted by Gasteiger charge is -2.46. The summed E-state index contributed by atoms with van der Waals surface area (Å²) in [6, 6.07) is 11.3. The second-order valence-corrected chi connectivity index (χ2v) is 11.3. The molecule has 4 rings (SSSR count). The summed E-state index contributed by atoms with van der Waals surface area (Å²) < 4.78 is 38.2. The number of piperidine rings is 1. The molecule has 1 fully saturated rings. The molecule has 2 aromatic rings. The lowest BCUT2D eigenvalue weighted by molar-refractivity contribution is -0.160. The number of carbonyl (C=O) groups excluding carboxylic acids is 2. The Balaban J connectivity index is 1.43. The van der Waals surface area contributed by atoms with Crippen molar-refractivity contribution in [3.63, 3.8) is 0 Å². The third kappa shape index (κ3) is 7.06. The van der Waals surface area contributed by atoms with Crippen molar-refractivity contribution in [3.8, 4) is 0 Å². The molecule has 212 valence electrons. The second kappa shape index (κ2) is 12.0. The van der Waals surface area contributed by atoms with Gasteiger partial charge in [0.05, 0.1) is 22.0 Å². The summed E-state index contributed by atoms with van der Waals surface area (Å²) in [5, 5.41) is 7.17. The van der Waals surface area contributed by atoms with Gasteiger partial charge in [-0.15, -0.1) is 0 Å². The van der Waals surface area contributed by atoms with Gasteiger partial charge in [0.25, 0.3) is 0 Å². The van der Waals surface area contributed by atoms with Crippen molar-refractivity contribution in [2.75, 3.05) is 33.7 Å². The SMILES string of the molecule is CN[C@@H](CCN1CCC2(CC1)NC(=O)Cc1ccccc12)c1cc(Cl)c(Cl)cc1CN(C)C(=O)CC(F)(F)F. The summed E-state index contributed by atoms with van der Waals surface area (Å²) in [6.07, 6.45) is -3.36. The first-order chi connectivity index (χ1) is 18.4. The van der Waals surface area contributed by atoms with Crippen molar-refractivity contribution < 1.29 is 22.8 Å². The van der Waals surface area contributed by atoms with Crippen LogP contribution < -0.4 is 10.6 Å². The molecule has 1 saturated heterocycles. The number of nitrogens with zero attached hydrogens (tertiary/aromatic N) is 2. The van der Waals surface area contributed by atoms with E-state index in [1.54, 1.807) is 12.1 Å². The molecule has 0 bridgehead atoms. The Bertz CT molecular complexity index is 1220.